The molecule has 0 spiro atoms. The number of alkyl halides is 2. The SMILES string of the molecule is CC(=O)Nc1ccn([C@@H]2O[C@H](CO[Si](C)(C)C(C)(C)C)[C@@H](OP(=O)(O)C(F)(F)C[C@H]3O[C@@H](n4ccc(=O)[nH]c4=O)[C@H](OC(=O)c4ccccc4)[C@@H]3OC(=O)c3ccccc3)[C@H]2O[Si](C)(C)C(C)(C)C)c(=O)n1. The maximum absolute atomic E-state index is 17.3. The predicted molar refractivity (Wildman–Crippen MR) is 263 cm³/mol. The molecule has 25 heteroatoms. The number of amides is 1. The van der Waals surface area contributed by atoms with Gasteiger partial charge in [-0.3, -0.25) is 32.8 Å². The molecule has 9 atom stereocenters. The highest BCUT2D eigenvalue weighted by atomic mass is 31.2. The number of rotatable bonds is 17. The molecule has 2 aliphatic heterocycles. The van der Waals surface area contributed by atoms with Crippen LogP contribution in [-0.2, 0) is 41.7 Å². The van der Waals surface area contributed by atoms with Gasteiger partial charge in [-0.1, -0.05) is 77.9 Å². The quantitative estimate of drug-likeness (QED) is 0.0548. The van der Waals surface area contributed by atoms with Gasteiger partial charge in [0.15, 0.2) is 41.3 Å². The molecule has 4 heterocycles. The monoisotopic (exact) mass is 1060 g/mol. The lowest BCUT2D eigenvalue weighted by Crippen LogP contribution is -2.51. The molecule has 1 amide bonds. The number of aromatic amines is 1. The van der Waals surface area contributed by atoms with Crippen molar-refractivity contribution in [1.29, 1.82) is 0 Å². The molecule has 3 N–H and O–H groups in total. The number of hydrogen-bond donors (Lipinski definition) is 3. The van der Waals surface area contributed by atoms with E-state index in [4.69, 9.17) is 32.3 Å². The largest absolute Gasteiger partial charge is 0.452 e. The zero-order valence-corrected chi connectivity index (χ0v) is 44.7. The highest BCUT2D eigenvalue weighted by Gasteiger charge is 2.63. The Morgan fingerprint density at radius 1 is 0.750 bits per heavy atom. The second-order valence-electron chi connectivity index (χ2n) is 20.7. The van der Waals surface area contributed by atoms with Gasteiger partial charge in [0.1, 0.15) is 30.2 Å². The number of carbonyl (C=O) groups excluding carboxylic acids is 3. The van der Waals surface area contributed by atoms with Gasteiger partial charge in [0.25, 0.3) is 5.56 Å². The second-order valence-corrected chi connectivity index (χ2v) is 32.1. The number of nitrogens with zero attached hydrogens (tertiary/aromatic N) is 3. The molecule has 0 radical (unpaired) electrons. The molecule has 72 heavy (non-hydrogen) atoms. The third-order valence-corrected chi connectivity index (χ3v) is 23.9. The lowest BCUT2D eigenvalue weighted by Gasteiger charge is -2.41. The third-order valence-electron chi connectivity index (χ3n) is 13.4. The first-order chi connectivity index (χ1) is 33.3. The first-order valence-electron chi connectivity index (χ1n) is 23.0. The van der Waals surface area contributed by atoms with Gasteiger partial charge in [0.05, 0.1) is 24.2 Å². The smallest absolute Gasteiger partial charge is 0.397 e. The standard InChI is InChI=1S/C47H62F2N5O15PSi2/c1-28(55)50-33-22-24-53(43(59)51-33)40-38(69-72(10,11)46(5,6)7)36(32(65-40)27-63-71(8,9)45(2,3)4)68-70(61,62)47(48,49)26-31-35(66-41(57)29-18-14-12-15-19-29)37(67-42(58)30-20-16-13-17-21-30)39(64-31)54-25-23-34(56)52-44(54)60/h12-25,31-32,35-40H,26-27H2,1-11H3,(H,61,62)(H,52,56,60)(H,50,51,55,59)/t31-,32-,35-,36-,37-,38-,39-,40-/m1/s1. The summed E-state index contributed by atoms with van der Waals surface area (Å²) in [5, 5.41) is 1.47. The lowest BCUT2D eigenvalue weighted by molar-refractivity contribution is -0.114. The van der Waals surface area contributed by atoms with E-state index in [9.17, 15) is 38.2 Å². The van der Waals surface area contributed by atoms with Crippen LogP contribution in [0.25, 0.3) is 0 Å². The summed E-state index contributed by atoms with van der Waals surface area (Å²) in [6, 6.07) is 16.9. The molecular formula is C47H62F2N5O15PSi2. The van der Waals surface area contributed by atoms with Crippen molar-refractivity contribution in [2.24, 2.45) is 0 Å². The van der Waals surface area contributed by atoms with Crippen LogP contribution in [0.1, 0.15) is 88.1 Å². The van der Waals surface area contributed by atoms with Gasteiger partial charge in [-0.05, 0) is 66.6 Å². The fraction of sp³-hybridized carbons (Fsp3) is 0.511. The summed E-state index contributed by atoms with van der Waals surface area (Å²) in [5.41, 5.74) is -7.84. The van der Waals surface area contributed by atoms with Crippen LogP contribution in [0.5, 0.6) is 0 Å². The van der Waals surface area contributed by atoms with Crippen molar-refractivity contribution in [3.63, 3.8) is 0 Å². The summed E-state index contributed by atoms with van der Waals surface area (Å²) in [5.74, 6) is -2.76. The molecule has 0 bridgehead atoms. The van der Waals surface area contributed by atoms with Gasteiger partial charge in [-0.2, -0.15) is 13.8 Å². The number of hydrogen-bond acceptors (Lipinski definition) is 15. The van der Waals surface area contributed by atoms with E-state index < -0.39 is 125 Å². The molecule has 2 aromatic heterocycles. The molecule has 4 aromatic rings. The summed E-state index contributed by atoms with van der Waals surface area (Å²) in [4.78, 5) is 96.2. The van der Waals surface area contributed by atoms with Crippen molar-refractivity contribution >= 4 is 47.9 Å². The highest BCUT2D eigenvalue weighted by Crippen LogP contribution is 2.63. The first kappa shape index (κ1) is 56.0. The third kappa shape index (κ3) is 12.5. The van der Waals surface area contributed by atoms with Crippen LogP contribution in [0.3, 0.4) is 0 Å². The average molecular weight is 1060 g/mol. The van der Waals surface area contributed by atoms with Gasteiger partial charge in [0, 0.05) is 25.4 Å². The Bertz CT molecular complexity index is 2840. The van der Waals surface area contributed by atoms with Crippen LogP contribution < -0.4 is 22.3 Å². The molecule has 20 nitrogen and oxygen atoms in total. The molecule has 2 aromatic carbocycles. The minimum Gasteiger partial charge on any atom is -0.452 e. The van der Waals surface area contributed by atoms with Crippen molar-refractivity contribution in [3.8, 4) is 0 Å². The predicted octanol–water partition coefficient (Wildman–Crippen LogP) is 6.96. The maximum atomic E-state index is 17.3. The van der Waals surface area contributed by atoms with Crippen LogP contribution in [-0.4, -0.2) is 107 Å². The molecule has 392 valence electrons. The van der Waals surface area contributed by atoms with Gasteiger partial charge < -0.3 is 38.0 Å². The maximum Gasteiger partial charge on any atom is 0.397 e. The summed E-state index contributed by atoms with van der Waals surface area (Å²) in [7, 11) is -12.1. The van der Waals surface area contributed by atoms with Gasteiger partial charge in [0.2, 0.25) is 5.91 Å². The number of anilines is 1. The molecule has 0 aliphatic carbocycles. The number of carbonyl (C=O) groups is 3. The van der Waals surface area contributed by atoms with E-state index in [1.807, 2.05) is 72.7 Å². The van der Waals surface area contributed by atoms with Crippen molar-refractivity contribution in [3.05, 3.63) is 128 Å². The Labute approximate surface area is 416 Å². The Morgan fingerprint density at radius 3 is 1.78 bits per heavy atom. The highest BCUT2D eigenvalue weighted by molar-refractivity contribution is 7.54. The van der Waals surface area contributed by atoms with E-state index in [1.54, 1.807) is 12.1 Å². The lowest BCUT2D eigenvalue weighted by atomic mass is 10.1. The topological polar surface area (TPSA) is 255 Å². The van der Waals surface area contributed by atoms with E-state index in [-0.39, 0.29) is 28.6 Å². The Hall–Kier alpha value is -5.31. The fourth-order valence-corrected chi connectivity index (χ4v) is 10.8. The molecular weight excluding hydrogens is 1000 g/mol. The Balaban J connectivity index is 1.44. The van der Waals surface area contributed by atoms with Crippen LogP contribution in [0.2, 0.25) is 36.3 Å². The number of nitrogens with one attached hydrogen (secondary N) is 2. The summed E-state index contributed by atoms with van der Waals surface area (Å²) in [6.07, 6.45) is -13.9. The zero-order valence-electron chi connectivity index (χ0n) is 41.8. The minimum absolute atomic E-state index is 0.0272. The van der Waals surface area contributed by atoms with Crippen LogP contribution >= 0.6 is 7.60 Å². The van der Waals surface area contributed by atoms with E-state index >= 15 is 8.78 Å². The van der Waals surface area contributed by atoms with Crippen LogP contribution in [0, 0.1) is 0 Å². The van der Waals surface area contributed by atoms with E-state index in [0.717, 1.165) is 21.4 Å². The van der Waals surface area contributed by atoms with E-state index in [1.165, 1.54) is 67.7 Å². The van der Waals surface area contributed by atoms with Gasteiger partial charge in [-0.25, -0.2) is 19.2 Å². The molecule has 2 saturated heterocycles. The average Bonchev–Trinajstić information content (AvgIpc) is 3.76. The first-order valence-corrected chi connectivity index (χ1v) is 30.4. The fourth-order valence-electron chi connectivity index (χ4n) is 7.32. The van der Waals surface area contributed by atoms with E-state index in [2.05, 4.69) is 10.3 Å². The molecule has 0 saturated carbocycles. The van der Waals surface area contributed by atoms with Crippen molar-refractivity contribution in [2.75, 3.05) is 11.9 Å². The van der Waals surface area contributed by atoms with Gasteiger partial charge >= 0.3 is 36.6 Å². The van der Waals surface area contributed by atoms with Crippen molar-refractivity contribution < 1.29 is 64.9 Å². The molecule has 6 rings (SSSR count). The Morgan fingerprint density at radius 2 is 1.26 bits per heavy atom. The number of benzene rings is 2. The van der Waals surface area contributed by atoms with Crippen molar-refractivity contribution in [2.45, 2.75) is 146 Å². The zero-order chi connectivity index (χ0) is 53.4. The van der Waals surface area contributed by atoms with Crippen molar-refractivity contribution in [1.82, 2.24) is 19.1 Å². The molecule has 2 aliphatic rings. The number of H-pyrrole nitrogens is 1. The summed E-state index contributed by atoms with van der Waals surface area (Å²) >= 11 is 0. The van der Waals surface area contributed by atoms with E-state index in [0.29, 0.717) is 0 Å². The Kier molecular flexibility index (Phi) is 16.5. The molecule has 2 fully saturated rings. The normalized spacial score (nSPS) is 23.8. The van der Waals surface area contributed by atoms with Crippen LogP contribution in [0.15, 0.2) is 99.6 Å². The van der Waals surface area contributed by atoms with Crippen LogP contribution in [0.4, 0.5) is 14.6 Å². The second kappa shape index (κ2) is 21.3. The number of ether oxygens (including phenoxy) is 4. The number of aromatic nitrogens is 4. The minimum atomic E-state index is -6.37. The number of esters is 2. The molecule has 1 unspecified atom stereocenters. The van der Waals surface area contributed by atoms with Gasteiger partial charge in [-0.15, -0.1) is 0 Å². The summed E-state index contributed by atoms with van der Waals surface area (Å²) < 4.78 is 94.2. The number of halogens is 2. The summed E-state index contributed by atoms with van der Waals surface area (Å²) in [6.45, 7) is 19.9.